The minimum atomic E-state index is -0.0791. The highest BCUT2D eigenvalue weighted by Crippen LogP contribution is 2.56. The van der Waals surface area contributed by atoms with Crippen molar-refractivity contribution in [3.8, 4) is 50.5 Å². The summed E-state index contributed by atoms with van der Waals surface area (Å²) in [6.45, 7) is 4.74. The number of fused-ring (bicyclic) bond motifs is 10. The Balaban J connectivity index is 1.00. The lowest BCUT2D eigenvalue weighted by molar-refractivity contribution is 0.657. The van der Waals surface area contributed by atoms with Crippen molar-refractivity contribution in [1.29, 1.82) is 0 Å². The third kappa shape index (κ3) is 4.31. The summed E-state index contributed by atoms with van der Waals surface area (Å²) < 4.78 is 9.20. The topological polar surface area (TPSA) is 31.0 Å². The van der Waals surface area contributed by atoms with Crippen LogP contribution in [0, 0.1) is 0 Å². The zero-order valence-electron chi connectivity index (χ0n) is 31.1. The summed E-state index contributed by atoms with van der Waals surface area (Å²) in [6.07, 6.45) is 0. The SMILES string of the molecule is CC1(C)c2ccccc2-c2cc3c(cc21)C(c1cccc2c1oc1cccc(-c4ccc(-c5nc6ccccc6n5-c5ccccc5)cc4)c12)c1ccccc1-3. The van der Waals surface area contributed by atoms with Crippen molar-refractivity contribution >= 4 is 33.0 Å². The van der Waals surface area contributed by atoms with Crippen LogP contribution in [0.3, 0.4) is 0 Å². The van der Waals surface area contributed by atoms with E-state index in [0.717, 1.165) is 61.2 Å². The van der Waals surface area contributed by atoms with Gasteiger partial charge in [-0.15, -0.1) is 0 Å². The van der Waals surface area contributed by atoms with Gasteiger partial charge < -0.3 is 4.42 Å². The molecule has 12 rings (SSSR count). The fraction of sp³-hybridized carbons (Fsp3) is 0.0755. The Hall–Kier alpha value is -6.97. The van der Waals surface area contributed by atoms with E-state index in [2.05, 4.69) is 194 Å². The van der Waals surface area contributed by atoms with Gasteiger partial charge in [0.25, 0.3) is 0 Å². The molecule has 0 amide bonds. The largest absolute Gasteiger partial charge is 0.456 e. The van der Waals surface area contributed by atoms with Gasteiger partial charge in [-0.25, -0.2) is 4.98 Å². The van der Waals surface area contributed by atoms with Gasteiger partial charge >= 0.3 is 0 Å². The molecule has 3 heteroatoms. The van der Waals surface area contributed by atoms with Crippen LogP contribution in [0.5, 0.6) is 0 Å². The third-order valence-corrected chi connectivity index (χ3v) is 12.5. The third-order valence-electron chi connectivity index (χ3n) is 12.5. The standard InChI is InChI=1S/C53H36N2O/c1-53(2)44-22-9-8-17-37(44)42-30-41-36-16-6-7-18-38(36)49(43(41)31-45(42)53)39-20-12-21-40-50-35(19-13-25-48(50)56-51(39)40)32-26-28-33(29-27-32)52-54-46-23-10-11-24-47(46)55(52)34-14-4-3-5-15-34/h3-31,49H,1-2H3. The predicted octanol–water partition coefficient (Wildman–Crippen LogP) is 13.7. The summed E-state index contributed by atoms with van der Waals surface area (Å²) in [5.41, 5.74) is 20.4. The number of rotatable bonds is 4. The molecular weight excluding hydrogens is 681 g/mol. The lowest BCUT2D eigenvalue weighted by Gasteiger charge is -2.23. The van der Waals surface area contributed by atoms with E-state index < -0.39 is 0 Å². The molecule has 0 saturated carbocycles. The molecule has 3 nitrogen and oxygen atoms in total. The molecular formula is C53H36N2O. The Kier molecular flexibility index (Phi) is 6.46. The number of hydrogen-bond acceptors (Lipinski definition) is 2. The van der Waals surface area contributed by atoms with Crippen LogP contribution >= 0.6 is 0 Å². The van der Waals surface area contributed by atoms with E-state index in [4.69, 9.17) is 9.40 Å². The molecule has 0 fully saturated rings. The van der Waals surface area contributed by atoms with Crippen LogP contribution in [-0.2, 0) is 5.41 Å². The molecule has 1 atom stereocenters. The van der Waals surface area contributed by atoms with Crippen molar-refractivity contribution in [2.75, 3.05) is 0 Å². The molecule has 2 aliphatic rings. The maximum Gasteiger partial charge on any atom is 0.145 e. The normalized spacial score (nSPS) is 14.9. The molecule has 0 radical (unpaired) electrons. The summed E-state index contributed by atoms with van der Waals surface area (Å²) in [7, 11) is 0. The molecule has 0 saturated heterocycles. The first kappa shape index (κ1) is 31.4. The van der Waals surface area contributed by atoms with E-state index in [-0.39, 0.29) is 11.3 Å². The summed E-state index contributed by atoms with van der Waals surface area (Å²) in [4.78, 5) is 5.11. The Morgan fingerprint density at radius 2 is 1.21 bits per heavy atom. The monoisotopic (exact) mass is 716 g/mol. The van der Waals surface area contributed by atoms with Crippen LogP contribution in [-0.4, -0.2) is 9.55 Å². The van der Waals surface area contributed by atoms with Crippen LogP contribution in [0.15, 0.2) is 180 Å². The second-order valence-electron chi connectivity index (χ2n) is 15.9. The van der Waals surface area contributed by atoms with Crippen LogP contribution in [0.1, 0.15) is 47.6 Å². The van der Waals surface area contributed by atoms with Crippen molar-refractivity contribution in [2.24, 2.45) is 0 Å². The molecule has 56 heavy (non-hydrogen) atoms. The molecule has 2 aromatic heterocycles. The summed E-state index contributed by atoms with van der Waals surface area (Å²) in [5, 5.41) is 2.29. The highest BCUT2D eigenvalue weighted by Gasteiger charge is 2.40. The van der Waals surface area contributed by atoms with Gasteiger partial charge in [0.05, 0.1) is 11.0 Å². The number of nitrogens with zero attached hydrogens (tertiary/aromatic N) is 2. The summed E-state index contributed by atoms with van der Waals surface area (Å²) in [6, 6.07) is 63.7. The number of para-hydroxylation sites is 4. The van der Waals surface area contributed by atoms with E-state index in [1.54, 1.807) is 0 Å². The highest BCUT2D eigenvalue weighted by molar-refractivity contribution is 6.13. The second kappa shape index (κ2) is 11.5. The molecule has 0 aliphatic heterocycles. The smallest absolute Gasteiger partial charge is 0.145 e. The minimum absolute atomic E-state index is 0.0573. The van der Waals surface area contributed by atoms with E-state index >= 15 is 0 Å². The molecule has 1 unspecified atom stereocenters. The first-order valence-electron chi connectivity index (χ1n) is 19.5. The van der Waals surface area contributed by atoms with Crippen molar-refractivity contribution in [1.82, 2.24) is 9.55 Å². The number of furan rings is 1. The first-order valence-corrected chi connectivity index (χ1v) is 19.5. The van der Waals surface area contributed by atoms with Gasteiger partial charge in [0.1, 0.15) is 17.0 Å². The highest BCUT2D eigenvalue weighted by atomic mass is 16.3. The maximum atomic E-state index is 6.95. The minimum Gasteiger partial charge on any atom is -0.456 e. The van der Waals surface area contributed by atoms with Gasteiger partial charge in [-0.2, -0.15) is 0 Å². The first-order chi connectivity index (χ1) is 27.5. The van der Waals surface area contributed by atoms with Gasteiger partial charge in [0.2, 0.25) is 0 Å². The van der Waals surface area contributed by atoms with Crippen LogP contribution in [0.25, 0.3) is 83.4 Å². The lowest BCUT2D eigenvalue weighted by atomic mass is 9.80. The summed E-state index contributed by atoms with van der Waals surface area (Å²) >= 11 is 0. The van der Waals surface area contributed by atoms with E-state index in [1.165, 1.54) is 50.1 Å². The van der Waals surface area contributed by atoms with Gasteiger partial charge in [-0.05, 0) is 92.0 Å². The Labute approximate surface area is 325 Å². The van der Waals surface area contributed by atoms with Crippen molar-refractivity contribution in [3.63, 3.8) is 0 Å². The van der Waals surface area contributed by atoms with Gasteiger partial charge in [-0.3, -0.25) is 4.57 Å². The Morgan fingerprint density at radius 3 is 2.09 bits per heavy atom. The van der Waals surface area contributed by atoms with E-state index in [1.807, 2.05) is 0 Å². The van der Waals surface area contributed by atoms with Crippen molar-refractivity contribution in [2.45, 2.75) is 25.2 Å². The average molecular weight is 717 g/mol. The number of hydrogen-bond donors (Lipinski definition) is 0. The van der Waals surface area contributed by atoms with Crippen molar-refractivity contribution in [3.05, 3.63) is 204 Å². The zero-order valence-corrected chi connectivity index (χ0v) is 31.1. The number of aromatic nitrogens is 2. The number of benzene rings is 8. The number of imidazole rings is 1. The van der Waals surface area contributed by atoms with E-state index in [0.29, 0.717) is 0 Å². The fourth-order valence-corrected chi connectivity index (χ4v) is 9.93. The molecule has 2 heterocycles. The zero-order chi connectivity index (χ0) is 37.1. The maximum absolute atomic E-state index is 6.95. The van der Waals surface area contributed by atoms with Crippen LogP contribution in [0.2, 0.25) is 0 Å². The molecule has 0 spiro atoms. The molecule has 8 aromatic carbocycles. The van der Waals surface area contributed by atoms with E-state index in [9.17, 15) is 0 Å². The van der Waals surface area contributed by atoms with Crippen molar-refractivity contribution < 1.29 is 4.42 Å². The predicted molar refractivity (Wildman–Crippen MR) is 230 cm³/mol. The van der Waals surface area contributed by atoms with Crippen LogP contribution < -0.4 is 0 Å². The average Bonchev–Trinajstić information content (AvgIpc) is 3.98. The molecule has 0 N–H and O–H groups in total. The van der Waals surface area contributed by atoms with Gasteiger partial charge in [0.15, 0.2) is 0 Å². The lowest BCUT2D eigenvalue weighted by Crippen LogP contribution is -2.15. The van der Waals surface area contributed by atoms with Gasteiger partial charge in [-0.1, -0.05) is 153 Å². The fourth-order valence-electron chi connectivity index (χ4n) is 9.93. The summed E-state index contributed by atoms with van der Waals surface area (Å²) in [5.74, 6) is 0.984. The Bertz CT molecular complexity index is 3220. The molecule has 0 bridgehead atoms. The molecule has 2 aliphatic carbocycles. The molecule has 10 aromatic rings. The van der Waals surface area contributed by atoms with Gasteiger partial charge in [0, 0.05) is 38.9 Å². The molecule has 264 valence electrons. The van der Waals surface area contributed by atoms with Crippen LogP contribution in [0.4, 0.5) is 0 Å². The second-order valence-corrected chi connectivity index (χ2v) is 15.9. The Morgan fingerprint density at radius 1 is 0.518 bits per heavy atom. The quantitative estimate of drug-likeness (QED) is 0.182.